The highest BCUT2D eigenvalue weighted by Crippen LogP contribution is 2.19. The first-order valence-corrected chi connectivity index (χ1v) is 10.0. The molecule has 0 amide bonds. The second-order valence-corrected chi connectivity index (χ2v) is 8.78. The van der Waals surface area contributed by atoms with Gasteiger partial charge in [0, 0.05) is 17.7 Å². The molecule has 4 heteroatoms. The van der Waals surface area contributed by atoms with Crippen molar-refractivity contribution < 1.29 is 8.85 Å². The van der Waals surface area contributed by atoms with Crippen molar-refractivity contribution in [2.24, 2.45) is 0 Å². The number of halogens is 1. The molecule has 0 saturated carbocycles. The van der Waals surface area contributed by atoms with Gasteiger partial charge in [-0.15, -0.1) is 0 Å². The van der Waals surface area contributed by atoms with Crippen molar-refractivity contribution in [3.8, 4) is 0 Å². The average Bonchev–Trinajstić information content (AvgIpc) is 2.43. The van der Waals surface area contributed by atoms with E-state index in [2.05, 4.69) is 61.0 Å². The molecule has 0 aliphatic heterocycles. The van der Waals surface area contributed by atoms with E-state index in [0.29, 0.717) is 0 Å². The van der Waals surface area contributed by atoms with Gasteiger partial charge in [0.25, 0.3) is 0 Å². The number of hydrogen-bond acceptors (Lipinski definition) is 2. The lowest BCUT2D eigenvalue weighted by Crippen LogP contribution is -2.54. The van der Waals surface area contributed by atoms with Crippen LogP contribution in [-0.4, -0.2) is 21.8 Å². The quantitative estimate of drug-likeness (QED) is 0.619. The van der Waals surface area contributed by atoms with Gasteiger partial charge in [-0.3, -0.25) is 0 Å². The van der Waals surface area contributed by atoms with Gasteiger partial charge in [0.05, 0.1) is 0 Å². The van der Waals surface area contributed by atoms with Crippen molar-refractivity contribution in [1.29, 1.82) is 0 Å². The molecule has 108 valence electrons. The monoisotopic (exact) mass is 344 g/mol. The minimum absolute atomic E-state index is 0.784. The second kappa shape index (κ2) is 8.90. The average molecular weight is 345 g/mol. The highest BCUT2D eigenvalue weighted by Gasteiger charge is 2.38. The van der Waals surface area contributed by atoms with E-state index in [1.165, 1.54) is 5.19 Å². The van der Waals surface area contributed by atoms with Crippen LogP contribution in [0.3, 0.4) is 0 Å². The SMILES string of the molecule is CCCO[Si](CCC)(OCCC)c1ccc(Br)cc1. The molecule has 0 unspecified atom stereocenters. The summed E-state index contributed by atoms with van der Waals surface area (Å²) in [6.07, 6.45) is 3.16. The number of hydrogen-bond donors (Lipinski definition) is 0. The molecule has 0 aliphatic rings. The lowest BCUT2D eigenvalue weighted by Gasteiger charge is -2.31. The van der Waals surface area contributed by atoms with Crippen LogP contribution in [-0.2, 0) is 8.85 Å². The molecule has 1 rings (SSSR count). The van der Waals surface area contributed by atoms with Crippen LogP contribution in [0.2, 0.25) is 6.04 Å². The molecule has 0 heterocycles. The van der Waals surface area contributed by atoms with Gasteiger partial charge >= 0.3 is 8.56 Å². The van der Waals surface area contributed by atoms with Crippen LogP contribution in [0.15, 0.2) is 28.7 Å². The maximum absolute atomic E-state index is 6.25. The first kappa shape index (κ1) is 16.9. The van der Waals surface area contributed by atoms with E-state index in [1.807, 2.05) is 0 Å². The van der Waals surface area contributed by atoms with Crippen molar-refractivity contribution in [3.63, 3.8) is 0 Å². The van der Waals surface area contributed by atoms with Crippen LogP contribution in [0.25, 0.3) is 0 Å². The van der Waals surface area contributed by atoms with E-state index in [1.54, 1.807) is 0 Å². The lowest BCUT2D eigenvalue weighted by atomic mass is 10.4. The van der Waals surface area contributed by atoms with Crippen LogP contribution in [0.1, 0.15) is 40.0 Å². The zero-order chi connectivity index (χ0) is 14.1. The first-order chi connectivity index (χ1) is 9.18. The van der Waals surface area contributed by atoms with Crippen molar-refractivity contribution in [3.05, 3.63) is 28.7 Å². The van der Waals surface area contributed by atoms with Gasteiger partial charge in [0.1, 0.15) is 0 Å². The lowest BCUT2D eigenvalue weighted by molar-refractivity contribution is 0.179. The smallest absolute Gasteiger partial charge is 0.372 e. The molecule has 0 saturated heterocycles. The van der Waals surface area contributed by atoms with E-state index >= 15 is 0 Å². The molecule has 1 aromatic rings. The van der Waals surface area contributed by atoms with E-state index in [0.717, 1.165) is 43.0 Å². The molecule has 0 aliphatic carbocycles. The molecule has 1 aromatic carbocycles. The molecule has 0 aromatic heterocycles. The Balaban J connectivity index is 3.00. The van der Waals surface area contributed by atoms with Gasteiger partial charge in [-0.25, -0.2) is 0 Å². The van der Waals surface area contributed by atoms with E-state index in [4.69, 9.17) is 8.85 Å². The van der Waals surface area contributed by atoms with Gasteiger partial charge in [-0.1, -0.05) is 55.3 Å². The van der Waals surface area contributed by atoms with Gasteiger partial charge in [0.2, 0.25) is 0 Å². The standard InChI is InChI=1S/C15H25BrO2Si/c1-4-11-17-19(13-6-3,18-12-5-2)15-9-7-14(16)8-10-15/h7-10H,4-6,11-13H2,1-3H3. The highest BCUT2D eigenvalue weighted by molar-refractivity contribution is 9.10. The summed E-state index contributed by atoms with van der Waals surface area (Å²) in [5.41, 5.74) is 0. The van der Waals surface area contributed by atoms with E-state index in [-0.39, 0.29) is 0 Å². The molecular weight excluding hydrogens is 320 g/mol. The Morgan fingerprint density at radius 1 is 0.895 bits per heavy atom. The van der Waals surface area contributed by atoms with Crippen molar-refractivity contribution in [2.75, 3.05) is 13.2 Å². The molecule has 0 bridgehead atoms. The van der Waals surface area contributed by atoms with Crippen LogP contribution in [0.4, 0.5) is 0 Å². The topological polar surface area (TPSA) is 18.5 Å². The summed E-state index contributed by atoms with van der Waals surface area (Å²) in [5, 5.41) is 1.25. The number of rotatable bonds is 9. The summed E-state index contributed by atoms with van der Waals surface area (Å²) >= 11 is 3.49. The molecule has 2 nitrogen and oxygen atoms in total. The molecular formula is C15H25BrO2Si. The number of benzene rings is 1. The van der Waals surface area contributed by atoms with Crippen molar-refractivity contribution >= 4 is 29.7 Å². The maximum Gasteiger partial charge on any atom is 0.372 e. The molecule has 19 heavy (non-hydrogen) atoms. The van der Waals surface area contributed by atoms with Crippen molar-refractivity contribution in [1.82, 2.24) is 0 Å². The van der Waals surface area contributed by atoms with E-state index in [9.17, 15) is 0 Å². The molecule has 0 atom stereocenters. The van der Waals surface area contributed by atoms with Crippen LogP contribution in [0, 0.1) is 0 Å². The third kappa shape index (κ3) is 5.03. The fraction of sp³-hybridized carbons (Fsp3) is 0.600. The summed E-state index contributed by atoms with van der Waals surface area (Å²) in [5.74, 6) is 0. The van der Waals surface area contributed by atoms with Crippen LogP contribution < -0.4 is 5.19 Å². The summed E-state index contributed by atoms with van der Waals surface area (Å²) in [6, 6.07) is 9.48. The zero-order valence-corrected chi connectivity index (χ0v) is 14.8. The fourth-order valence-electron chi connectivity index (χ4n) is 2.06. The summed E-state index contributed by atoms with van der Waals surface area (Å²) in [7, 11) is -2.26. The highest BCUT2D eigenvalue weighted by atomic mass is 79.9. The Labute approximate surface area is 126 Å². The zero-order valence-electron chi connectivity index (χ0n) is 12.2. The molecule has 0 radical (unpaired) electrons. The summed E-state index contributed by atoms with van der Waals surface area (Å²) < 4.78 is 13.6. The van der Waals surface area contributed by atoms with Crippen molar-refractivity contribution in [2.45, 2.75) is 46.1 Å². The summed E-state index contributed by atoms with van der Waals surface area (Å²) in [6.45, 7) is 8.06. The Kier molecular flexibility index (Phi) is 7.91. The third-order valence-electron chi connectivity index (χ3n) is 2.94. The first-order valence-electron chi connectivity index (χ1n) is 7.22. The van der Waals surface area contributed by atoms with Gasteiger partial charge in [0.15, 0.2) is 0 Å². The molecule has 0 spiro atoms. The predicted molar refractivity (Wildman–Crippen MR) is 87.1 cm³/mol. The maximum atomic E-state index is 6.25. The largest absolute Gasteiger partial charge is 0.391 e. The minimum atomic E-state index is -2.26. The minimum Gasteiger partial charge on any atom is -0.391 e. The van der Waals surface area contributed by atoms with Gasteiger partial charge in [-0.05, 0) is 36.2 Å². The molecule has 0 fully saturated rings. The van der Waals surface area contributed by atoms with Gasteiger partial charge in [-0.2, -0.15) is 0 Å². The Hall–Kier alpha value is -0.163. The summed E-state index contributed by atoms with van der Waals surface area (Å²) in [4.78, 5) is 0. The Morgan fingerprint density at radius 2 is 1.42 bits per heavy atom. The predicted octanol–water partition coefficient (Wildman–Crippen LogP) is 4.36. The van der Waals surface area contributed by atoms with Crippen LogP contribution in [0.5, 0.6) is 0 Å². The Morgan fingerprint density at radius 3 is 1.84 bits per heavy atom. The normalized spacial score (nSPS) is 11.8. The second-order valence-electron chi connectivity index (χ2n) is 4.71. The third-order valence-corrected chi connectivity index (χ3v) is 7.18. The van der Waals surface area contributed by atoms with Gasteiger partial charge < -0.3 is 8.85 Å². The van der Waals surface area contributed by atoms with Crippen LogP contribution >= 0.6 is 15.9 Å². The molecule has 0 N–H and O–H groups in total. The fourth-order valence-corrected chi connectivity index (χ4v) is 5.72. The van der Waals surface area contributed by atoms with E-state index < -0.39 is 8.56 Å². The Bertz CT molecular complexity index is 346.